The van der Waals surface area contributed by atoms with E-state index in [0.717, 1.165) is 31.7 Å². The second-order valence-corrected chi connectivity index (χ2v) is 7.15. The van der Waals surface area contributed by atoms with Gasteiger partial charge in [-0.25, -0.2) is 4.39 Å². The van der Waals surface area contributed by atoms with Crippen molar-refractivity contribution >= 4 is 0 Å². The SMILES string of the molecule is CC(C)(C)CNC1CCCN(Cc2cccc(F)c2)C1. The van der Waals surface area contributed by atoms with Gasteiger partial charge in [0, 0.05) is 25.7 Å². The van der Waals surface area contributed by atoms with Gasteiger partial charge in [-0.2, -0.15) is 0 Å². The number of rotatable bonds is 4. The van der Waals surface area contributed by atoms with Crippen molar-refractivity contribution in [1.82, 2.24) is 10.2 Å². The molecule has 1 aromatic carbocycles. The molecule has 0 spiro atoms. The van der Waals surface area contributed by atoms with Crippen LogP contribution in [-0.2, 0) is 6.54 Å². The van der Waals surface area contributed by atoms with E-state index >= 15 is 0 Å². The van der Waals surface area contributed by atoms with E-state index in [9.17, 15) is 4.39 Å². The first-order chi connectivity index (χ1) is 9.42. The number of hydrogen-bond acceptors (Lipinski definition) is 2. The molecule has 1 unspecified atom stereocenters. The van der Waals surface area contributed by atoms with Crippen molar-refractivity contribution in [2.24, 2.45) is 5.41 Å². The third-order valence-electron chi connectivity index (χ3n) is 3.72. The minimum absolute atomic E-state index is 0.137. The lowest BCUT2D eigenvalue weighted by Crippen LogP contribution is -2.47. The number of benzene rings is 1. The molecular weight excluding hydrogens is 251 g/mol. The number of hydrogen-bond donors (Lipinski definition) is 1. The number of halogens is 1. The van der Waals surface area contributed by atoms with E-state index in [4.69, 9.17) is 0 Å². The molecule has 2 rings (SSSR count). The molecule has 1 N–H and O–H groups in total. The van der Waals surface area contributed by atoms with Crippen LogP contribution >= 0.6 is 0 Å². The number of likely N-dealkylation sites (tertiary alicyclic amines) is 1. The van der Waals surface area contributed by atoms with Crippen LogP contribution in [-0.4, -0.2) is 30.6 Å². The highest BCUT2D eigenvalue weighted by Crippen LogP contribution is 2.16. The Morgan fingerprint density at radius 3 is 2.85 bits per heavy atom. The minimum atomic E-state index is -0.137. The molecule has 1 heterocycles. The van der Waals surface area contributed by atoms with Crippen molar-refractivity contribution in [2.45, 2.75) is 46.2 Å². The summed E-state index contributed by atoms with van der Waals surface area (Å²) in [4.78, 5) is 2.43. The first kappa shape index (κ1) is 15.5. The lowest BCUT2D eigenvalue weighted by atomic mass is 9.95. The van der Waals surface area contributed by atoms with Crippen LogP contribution in [0.1, 0.15) is 39.2 Å². The molecule has 112 valence electrons. The van der Waals surface area contributed by atoms with E-state index in [0.29, 0.717) is 11.5 Å². The molecule has 0 aliphatic carbocycles. The predicted octanol–water partition coefficient (Wildman–Crippen LogP) is 3.43. The van der Waals surface area contributed by atoms with Gasteiger partial charge in [-0.05, 0) is 42.5 Å². The zero-order valence-electron chi connectivity index (χ0n) is 13.0. The average molecular weight is 278 g/mol. The molecule has 1 atom stereocenters. The van der Waals surface area contributed by atoms with Gasteiger partial charge >= 0.3 is 0 Å². The third-order valence-corrected chi connectivity index (χ3v) is 3.72. The van der Waals surface area contributed by atoms with Crippen LogP contribution in [0.2, 0.25) is 0 Å². The fourth-order valence-electron chi connectivity index (χ4n) is 2.71. The highest BCUT2D eigenvalue weighted by molar-refractivity contribution is 5.16. The van der Waals surface area contributed by atoms with Gasteiger partial charge in [-0.1, -0.05) is 32.9 Å². The van der Waals surface area contributed by atoms with E-state index in [1.807, 2.05) is 6.07 Å². The molecule has 1 fully saturated rings. The normalized spacial score (nSPS) is 21.1. The summed E-state index contributed by atoms with van der Waals surface area (Å²) in [5.41, 5.74) is 1.40. The Morgan fingerprint density at radius 1 is 1.35 bits per heavy atom. The summed E-state index contributed by atoms with van der Waals surface area (Å²) < 4.78 is 13.2. The Labute approximate surface area is 122 Å². The van der Waals surface area contributed by atoms with Crippen LogP contribution in [0.15, 0.2) is 24.3 Å². The van der Waals surface area contributed by atoms with E-state index in [-0.39, 0.29) is 5.82 Å². The maximum atomic E-state index is 13.2. The third kappa shape index (κ3) is 5.22. The minimum Gasteiger partial charge on any atom is -0.312 e. The second-order valence-electron chi connectivity index (χ2n) is 7.15. The fourth-order valence-corrected chi connectivity index (χ4v) is 2.71. The van der Waals surface area contributed by atoms with Crippen molar-refractivity contribution in [3.8, 4) is 0 Å². The Kier molecular flexibility index (Phi) is 5.17. The standard InChI is InChI=1S/C17H27FN2/c1-17(2,3)13-19-16-8-5-9-20(12-16)11-14-6-4-7-15(18)10-14/h4,6-7,10,16,19H,5,8-9,11-13H2,1-3H3. The van der Waals surface area contributed by atoms with Crippen molar-refractivity contribution in [1.29, 1.82) is 0 Å². The molecule has 1 saturated heterocycles. The molecule has 0 saturated carbocycles. The highest BCUT2D eigenvalue weighted by Gasteiger charge is 2.21. The molecule has 1 aliphatic heterocycles. The first-order valence-electron chi connectivity index (χ1n) is 7.62. The van der Waals surface area contributed by atoms with Crippen LogP contribution < -0.4 is 5.32 Å². The van der Waals surface area contributed by atoms with Crippen molar-refractivity contribution in [3.63, 3.8) is 0 Å². The van der Waals surface area contributed by atoms with Crippen molar-refractivity contribution in [2.75, 3.05) is 19.6 Å². The zero-order valence-corrected chi connectivity index (χ0v) is 13.0. The molecule has 20 heavy (non-hydrogen) atoms. The van der Waals surface area contributed by atoms with E-state index in [1.54, 1.807) is 12.1 Å². The van der Waals surface area contributed by atoms with Gasteiger partial charge in [0.2, 0.25) is 0 Å². The lowest BCUT2D eigenvalue weighted by Gasteiger charge is -2.34. The Bertz CT molecular complexity index is 425. The maximum Gasteiger partial charge on any atom is 0.123 e. The largest absolute Gasteiger partial charge is 0.312 e. The molecule has 0 bridgehead atoms. The monoisotopic (exact) mass is 278 g/mol. The summed E-state index contributed by atoms with van der Waals surface area (Å²) >= 11 is 0. The van der Waals surface area contributed by atoms with Gasteiger partial charge < -0.3 is 5.32 Å². The molecule has 3 heteroatoms. The summed E-state index contributed by atoms with van der Waals surface area (Å²) in [5, 5.41) is 3.67. The van der Waals surface area contributed by atoms with Crippen LogP contribution in [0.5, 0.6) is 0 Å². The molecule has 1 aromatic rings. The number of nitrogens with one attached hydrogen (secondary N) is 1. The smallest absolute Gasteiger partial charge is 0.123 e. The van der Waals surface area contributed by atoms with Crippen LogP contribution in [0, 0.1) is 11.2 Å². The Hall–Kier alpha value is -0.930. The highest BCUT2D eigenvalue weighted by atomic mass is 19.1. The van der Waals surface area contributed by atoms with E-state index in [2.05, 4.69) is 31.0 Å². The Balaban J connectivity index is 1.84. The number of nitrogens with zero attached hydrogens (tertiary/aromatic N) is 1. The zero-order chi connectivity index (χ0) is 14.6. The summed E-state index contributed by atoms with van der Waals surface area (Å²) in [6, 6.07) is 7.52. The van der Waals surface area contributed by atoms with Gasteiger partial charge in [0.15, 0.2) is 0 Å². The first-order valence-corrected chi connectivity index (χ1v) is 7.62. The van der Waals surface area contributed by atoms with Crippen molar-refractivity contribution in [3.05, 3.63) is 35.6 Å². The molecule has 0 radical (unpaired) electrons. The number of piperidine rings is 1. The summed E-state index contributed by atoms with van der Waals surface area (Å²) in [6.07, 6.45) is 2.47. The fraction of sp³-hybridized carbons (Fsp3) is 0.647. The quantitative estimate of drug-likeness (QED) is 0.908. The van der Waals surface area contributed by atoms with Gasteiger partial charge in [0.05, 0.1) is 0 Å². The van der Waals surface area contributed by atoms with Crippen LogP contribution in [0.4, 0.5) is 4.39 Å². The van der Waals surface area contributed by atoms with Crippen LogP contribution in [0.25, 0.3) is 0 Å². The maximum absolute atomic E-state index is 13.2. The van der Waals surface area contributed by atoms with Crippen molar-refractivity contribution < 1.29 is 4.39 Å². The summed E-state index contributed by atoms with van der Waals surface area (Å²) in [7, 11) is 0. The summed E-state index contributed by atoms with van der Waals surface area (Å²) in [6.45, 7) is 10.8. The Morgan fingerprint density at radius 2 is 2.15 bits per heavy atom. The molecule has 1 aliphatic rings. The molecule has 0 amide bonds. The van der Waals surface area contributed by atoms with Gasteiger partial charge in [0.1, 0.15) is 5.82 Å². The molecular formula is C17H27FN2. The van der Waals surface area contributed by atoms with Crippen LogP contribution in [0.3, 0.4) is 0 Å². The van der Waals surface area contributed by atoms with Gasteiger partial charge in [0.25, 0.3) is 0 Å². The van der Waals surface area contributed by atoms with Gasteiger partial charge in [-0.15, -0.1) is 0 Å². The molecule has 0 aromatic heterocycles. The summed E-state index contributed by atoms with van der Waals surface area (Å²) in [5.74, 6) is -0.137. The van der Waals surface area contributed by atoms with Gasteiger partial charge in [-0.3, -0.25) is 4.90 Å². The van der Waals surface area contributed by atoms with E-state index in [1.165, 1.54) is 18.9 Å². The topological polar surface area (TPSA) is 15.3 Å². The molecule has 2 nitrogen and oxygen atoms in total. The second kappa shape index (κ2) is 6.68. The average Bonchev–Trinajstić information content (AvgIpc) is 2.36. The predicted molar refractivity (Wildman–Crippen MR) is 82.2 cm³/mol. The van der Waals surface area contributed by atoms with E-state index < -0.39 is 0 Å². The lowest BCUT2D eigenvalue weighted by molar-refractivity contribution is 0.175.